The lowest BCUT2D eigenvalue weighted by Crippen LogP contribution is -1.92. The Bertz CT molecular complexity index is 504. The second-order valence-electron chi connectivity index (χ2n) is 4.72. The van der Waals surface area contributed by atoms with Crippen LogP contribution in [0.5, 0.6) is 0 Å². The Morgan fingerprint density at radius 2 is 2.05 bits per heavy atom. The fourth-order valence-electron chi connectivity index (χ4n) is 1.89. The quantitative estimate of drug-likeness (QED) is 0.329. The molecule has 0 fully saturated rings. The third-order valence-corrected chi connectivity index (χ3v) is 3.06. The summed E-state index contributed by atoms with van der Waals surface area (Å²) in [6.45, 7) is 7.77. The molecule has 0 saturated carbocycles. The summed E-state index contributed by atoms with van der Waals surface area (Å²) in [7, 11) is 0. The maximum absolute atomic E-state index is 13.8. The van der Waals surface area contributed by atoms with Gasteiger partial charge < -0.3 is 0 Å². The fourth-order valence-corrected chi connectivity index (χ4v) is 1.89. The van der Waals surface area contributed by atoms with Crippen LogP contribution in [0, 0.1) is 18.7 Å². The van der Waals surface area contributed by atoms with Crippen LogP contribution in [-0.2, 0) is 6.42 Å². The molecule has 0 saturated heterocycles. The van der Waals surface area contributed by atoms with Gasteiger partial charge in [0, 0.05) is 5.56 Å². The van der Waals surface area contributed by atoms with Crippen molar-refractivity contribution in [3.05, 3.63) is 66.0 Å². The molecule has 112 valence electrons. The van der Waals surface area contributed by atoms with Gasteiger partial charge in [-0.15, -0.1) is 19.4 Å². The smallest absolute Gasteiger partial charge is 0.130 e. The van der Waals surface area contributed by atoms with Crippen LogP contribution in [-0.4, -0.2) is 0 Å². The van der Waals surface area contributed by atoms with Crippen LogP contribution in [0.15, 0.2) is 49.1 Å². The molecule has 21 heavy (non-hydrogen) atoms. The van der Waals surface area contributed by atoms with Gasteiger partial charge in [0.25, 0.3) is 0 Å². The molecule has 1 aromatic rings. The Hall–Kier alpha value is -2.07. The van der Waals surface area contributed by atoms with Gasteiger partial charge in [-0.1, -0.05) is 43.7 Å². The number of terminal acetylenes is 1. The van der Waals surface area contributed by atoms with Crippen LogP contribution >= 0.6 is 0 Å². The maximum atomic E-state index is 13.8. The van der Waals surface area contributed by atoms with Gasteiger partial charge in [-0.05, 0) is 49.5 Å². The zero-order chi connectivity index (χ0) is 16.1. The molecule has 0 spiro atoms. The third-order valence-electron chi connectivity index (χ3n) is 3.06. The van der Waals surface area contributed by atoms with E-state index in [0.29, 0.717) is 5.56 Å². The number of unbranched alkanes of at least 4 members (excludes halogenated alkanes) is 1. The number of hydrogen-bond donors (Lipinski definition) is 0. The predicted octanol–water partition coefficient (Wildman–Crippen LogP) is 5.95. The van der Waals surface area contributed by atoms with E-state index in [2.05, 4.69) is 26.3 Å². The normalized spacial score (nSPS) is 11.0. The first-order valence-electron chi connectivity index (χ1n) is 7.25. The largest absolute Gasteiger partial charge is 0.206 e. The highest BCUT2D eigenvalue weighted by Gasteiger charge is 2.04. The molecule has 0 aromatic heterocycles. The highest BCUT2D eigenvalue weighted by Crippen LogP contribution is 2.20. The summed E-state index contributed by atoms with van der Waals surface area (Å²) in [4.78, 5) is 0. The van der Waals surface area contributed by atoms with Crippen LogP contribution in [0.4, 0.5) is 4.39 Å². The lowest BCUT2D eigenvalue weighted by molar-refractivity contribution is 0.622. The molecule has 0 aliphatic rings. The molecule has 1 rings (SSSR count). The van der Waals surface area contributed by atoms with Gasteiger partial charge in [-0.3, -0.25) is 0 Å². The minimum atomic E-state index is -0.147. The number of aryl methyl sites for hydroxylation is 1. The topological polar surface area (TPSA) is 0 Å². The minimum absolute atomic E-state index is 0.147. The van der Waals surface area contributed by atoms with Crippen LogP contribution in [0.25, 0.3) is 5.57 Å². The van der Waals surface area contributed by atoms with Gasteiger partial charge in [0.15, 0.2) is 0 Å². The lowest BCUT2D eigenvalue weighted by Gasteiger charge is -2.07. The van der Waals surface area contributed by atoms with Crippen LogP contribution in [0.2, 0.25) is 0 Å². The van der Waals surface area contributed by atoms with Gasteiger partial charge >= 0.3 is 0 Å². The second kappa shape index (κ2) is 11.7. The fraction of sp³-hybridized carbons (Fsp3) is 0.300. The van der Waals surface area contributed by atoms with E-state index in [0.717, 1.165) is 31.3 Å². The van der Waals surface area contributed by atoms with Gasteiger partial charge in [0.2, 0.25) is 0 Å². The molecule has 0 amide bonds. The zero-order valence-electron chi connectivity index (χ0n) is 13.1. The van der Waals surface area contributed by atoms with E-state index in [9.17, 15) is 4.39 Å². The van der Waals surface area contributed by atoms with E-state index >= 15 is 0 Å². The minimum Gasteiger partial charge on any atom is -0.206 e. The van der Waals surface area contributed by atoms with E-state index in [-0.39, 0.29) is 5.82 Å². The number of benzene rings is 1. The molecule has 0 atom stereocenters. The second-order valence-corrected chi connectivity index (χ2v) is 4.72. The Kier molecular flexibility index (Phi) is 10.6. The summed E-state index contributed by atoms with van der Waals surface area (Å²) in [5, 5.41) is 0. The molecule has 0 unspecified atom stereocenters. The molecule has 1 aromatic carbocycles. The van der Waals surface area contributed by atoms with Crippen molar-refractivity contribution in [1.29, 1.82) is 0 Å². The van der Waals surface area contributed by atoms with Crippen LogP contribution < -0.4 is 0 Å². The third kappa shape index (κ3) is 7.32. The van der Waals surface area contributed by atoms with E-state index in [1.165, 1.54) is 5.56 Å². The van der Waals surface area contributed by atoms with Crippen molar-refractivity contribution in [2.24, 2.45) is 0 Å². The summed E-state index contributed by atoms with van der Waals surface area (Å²) in [6, 6.07) is 5.43. The van der Waals surface area contributed by atoms with Crippen molar-refractivity contribution in [2.75, 3.05) is 0 Å². The number of allylic oxidation sites excluding steroid dienone is 5. The Balaban J connectivity index is 0.00000191. The molecular formula is C20H25F. The molecule has 0 aliphatic carbocycles. The van der Waals surface area contributed by atoms with Crippen molar-refractivity contribution < 1.29 is 4.39 Å². The van der Waals surface area contributed by atoms with Crippen LogP contribution in [0.3, 0.4) is 0 Å². The summed E-state index contributed by atoms with van der Waals surface area (Å²) >= 11 is 0. The number of rotatable bonds is 7. The van der Waals surface area contributed by atoms with Crippen molar-refractivity contribution in [3.8, 4) is 12.8 Å². The first kappa shape index (κ1) is 18.9. The van der Waals surface area contributed by atoms with E-state index in [1.54, 1.807) is 6.07 Å². The Labute approximate surface area is 129 Å². The van der Waals surface area contributed by atoms with Gasteiger partial charge in [-0.25, -0.2) is 4.39 Å². The van der Waals surface area contributed by atoms with Crippen molar-refractivity contribution >= 4 is 5.57 Å². The molecule has 0 radical (unpaired) electrons. The maximum Gasteiger partial charge on any atom is 0.130 e. The van der Waals surface area contributed by atoms with E-state index < -0.39 is 0 Å². The van der Waals surface area contributed by atoms with Crippen LogP contribution in [0.1, 0.15) is 44.2 Å². The summed E-state index contributed by atoms with van der Waals surface area (Å²) in [5.41, 5.74) is 2.87. The zero-order valence-corrected chi connectivity index (χ0v) is 13.1. The van der Waals surface area contributed by atoms with Gasteiger partial charge in [0.1, 0.15) is 5.82 Å². The highest BCUT2D eigenvalue weighted by atomic mass is 19.1. The SMILES string of the molecule is C#C.C=CC/C=C\C=C(/C)c1cc(CCCC)ccc1F. The Morgan fingerprint density at radius 1 is 1.33 bits per heavy atom. The monoisotopic (exact) mass is 284 g/mol. The summed E-state index contributed by atoms with van der Waals surface area (Å²) < 4.78 is 13.8. The van der Waals surface area contributed by atoms with Crippen molar-refractivity contribution in [1.82, 2.24) is 0 Å². The van der Waals surface area contributed by atoms with E-state index in [1.807, 2.05) is 43.4 Å². The number of hydrogen-bond acceptors (Lipinski definition) is 0. The average Bonchev–Trinajstić information content (AvgIpc) is 2.52. The summed E-state index contributed by atoms with van der Waals surface area (Å²) in [6.07, 6.45) is 19.9. The molecule has 0 N–H and O–H groups in total. The van der Waals surface area contributed by atoms with Crippen molar-refractivity contribution in [3.63, 3.8) is 0 Å². The predicted molar refractivity (Wildman–Crippen MR) is 92.5 cm³/mol. The van der Waals surface area contributed by atoms with Gasteiger partial charge in [-0.2, -0.15) is 0 Å². The molecule has 0 nitrogen and oxygen atoms in total. The highest BCUT2D eigenvalue weighted by molar-refractivity contribution is 5.66. The standard InChI is InChI=1S/C18H23F.C2H2/c1-4-6-8-9-10-15(3)17-14-16(11-7-5-2)12-13-18(17)19;1-2/h4,8-10,12-14H,1,5-7,11H2,2-3H3;1-2H/b9-8-,15-10+;. The first-order chi connectivity index (χ1) is 10.2. The molecule has 0 aliphatic heterocycles. The molecule has 0 bridgehead atoms. The van der Waals surface area contributed by atoms with E-state index in [4.69, 9.17) is 0 Å². The lowest BCUT2D eigenvalue weighted by atomic mass is 10.0. The average molecular weight is 284 g/mol. The molecule has 0 heterocycles. The first-order valence-corrected chi connectivity index (χ1v) is 7.25. The van der Waals surface area contributed by atoms with Gasteiger partial charge in [0.05, 0.1) is 0 Å². The molecular weight excluding hydrogens is 259 g/mol. The van der Waals surface area contributed by atoms with Crippen molar-refractivity contribution in [2.45, 2.75) is 39.5 Å². The number of halogens is 1. The molecule has 1 heteroatoms. The Morgan fingerprint density at radius 3 is 2.67 bits per heavy atom. The summed E-state index contributed by atoms with van der Waals surface area (Å²) in [5.74, 6) is -0.147.